The summed E-state index contributed by atoms with van der Waals surface area (Å²) in [5.41, 5.74) is 0.502. The van der Waals surface area contributed by atoms with E-state index in [2.05, 4.69) is 11.9 Å². The summed E-state index contributed by atoms with van der Waals surface area (Å²) >= 11 is 0. The predicted molar refractivity (Wildman–Crippen MR) is 115 cm³/mol. The van der Waals surface area contributed by atoms with Gasteiger partial charge in [0.25, 0.3) is 0 Å². The van der Waals surface area contributed by atoms with Crippen LogP contribution in [0.15, 0.2) is 56.8 Å². The Labute approximate surface area is 185 Å². The lowest BCUT2D eigenvalue weighted by Gasteiger charge is -2.30. The lowest BCUT2D eigenvalue weighted by Crippen LogP contribution is -2.33. The Balaban J connectivity index is 1.60. The molecule has 0 N–H and O–H groups in total. The normalized spacial score (nSPS) is 16.9. The Morgan fingerprint density at radius 1 is 1.00 bits per heavy atom. The van der Waals surface area contributed by atoms with E-state index in [4.69, 9.17) is 13.9 Å². The summed E-state index contributed by atoms with van der Waals surface area (Å²) in [5.74, 6) is 1.40. The van der Waals surface area contributed by atoms with Crippen molar-refractivity contribution in [3.05, 3.63) is 48.3 Å². The molecule has 2 aromatic carbocycles. The first-order valence-corrected chi connectivity index (χ1v) is 12.1. The summed E-state index contributed by atoms with van der Waals surface area (Å²) in [6, 6.07) is 10.1. The topological polar surface area (TPSA) is 81.9 Å². The van der Waals surface area contributed by atoms with Crippen LogP contribution < -0.4 is 14.4 Å². The summed E-state index contributed by atoms with van der Waals surface area (Å²) in [6.07, 6.45) is 1.85. The number of hydrogen-bond donors (Lipinski definition) is 0. The van der Waals surface area contributed by atoms with E-state index in [1.54, 1.807) is 6.07 Å². The van der Waals surface area contributed by atoms with E-state index in [-0.39, 0.29) is 21.7 Å². The Morgan fingerprint density at radius 3 is 2.41 bits per heavy atom. The zero-order chi connectivity index (χ0) is 22.3. The highest BCUT2D eigenvalue weighted by Crippen LogP contribution is 2.39. The van der Waals surface area contributed by atoms with Crippen LogP contribution in [-0.2, 0) is 9.84 Å². The first-order valence-electron chi connectivity index (χ1n) is 10.6. The first-order chi connectivity index (χ1) is 15.4. The average Bonchev–Trinajstić information content (AvgIpc) is 3.26. The third kappa shape index (κ3) is 3.81. The third-order valence-corrected chi connectivity index (χ3v) is 7.47. The fraction of sp³-hybridized carbons (Fsp3) is 0.348. The van der Waals surface area contributed by atoms with Crippen LogP contribution in [0.2, 0.25) is 0 Å². The third-order valence-electron chi connectivity index (χ3n) is 5.82. The number of halogens is 1. The molecule has 9 heteroatoms. The van der Waals surface area contributed by atoms with Crippen molar-refractivity contribution in [1.82, 2.24) is 4.98 Å². The van der Waals surface area contributed by atoms with Crippen molar-refractivity contribution in [3.63, 3.8) is 0 Å². The molecule has 0 aliphatic carbocycles. The van der Waals surface area contributed by atoms with Crippen LogP contribution in [0.4, 0.5) is 10.3 Å². The van der Waals surface area contributed by atoms with Crippen molar-refractivity contribution in [2.75, 3.05) is 31.2 Å². The zero-order valence-electron chi connectivity index (χ0n) is 17.6. The van der Waals surface area contributed by atoms with Crippen LogP contribution in [0, 0.1) is 11.7 Å². The second kappa shape index (κ2) is 8.12. The Bertz CT molecular complexity index is 1230. The minimum atomic E-state index is -4.02. The molecule has 7 nitrogen and oxygen atoms in total. The smallest absolute Gasteiger partial charge is 0.236 e. The van der Waals surface area contributed by atoms with Crippen molar-refractivity contribution >= 4 is 15.7 Å². The lowest BCUT2D eigenvalue weighted by molar-refractivity contribution is 0.171. The van der Waals surface area contributed by atoms with Gasteiger partial charge in [-0.05, 0) is 55.2 Å². The van der Waals surface area contributed by atoms with Gasteiger partial charge in [0.15, 0.2) is 11.5 Å². The van der Waals surface area contributed by atoms with Gasteiger partial charge in [0.1, 0.15) is 19.0 Å². The van der Waals surface area contributed by atoms with E-state index in [0.717, 1.165) is 12.8 Å². The summed E-state index contributed by atoms with van der Waals surface area (Å²) < 4.78 is 57.7. The van der Waals surface area contributed by atoms with Gasteiger partial charge in [0.2, 0.25) is 26.6 Å². The van der Waals surface area contributed by atoms with Crippen molar-refractivity contribution in [2.24, 2.45) is 5.92 Å². The molecule has 0 saturated carbocycles. The van der Waals surface area contributed by atoms with Crippen LogP contribution in [0.5, 0.6) is 11.5 Å². The van der Waals surface area contributed by atoms with Gasteiger partial charge < -0.3 is 18.8 Å². The Hall–Kier alpha value is -3.07. The average molecular weight is 459 g/mol. The number of hydrogen-bond acceptors (Lipinski definition) is 7. The molecule has 0 amide bonds. The van der Waals surface area contributed by atoms with Gasteiger partial charge in [-0.2, -0.15) is 4.98 Å². The molecular weight excluding hydrogens is 435 g/mol. The summed E-state index contributed by atoms with van der Waals surface area (Å²) in [7, 11) is -4.02. The lowest BCUT2D eigenvalue weighted by atomic mass is 9.99. The van der Waals surface area contributed by atoms with E-state index < -0.39 is 15.7 Å². The van der Waals surface area contributed by atoms with Crippen LogP contribution in [0.3, 0.4) is 0 Å². The monoisotopic (exact) mass is 458 g/mol. The van der Waals surface area contributed by atoms with Crippen LogP contribution in [0.1, 0.15) is 19.8 Å². The maximum atomic E-state index is 13.6. The number of rotatable bonds is 4. The number of benzene rings is 2. The molecule has 32 heavy (non-hydrogen) atoms. The molecule has 1 aromatic heterocycles. The Morgan fingerprint density at radius 2 is 1.69 bits per heavy atom. The van der Waals surface area contributed by atoms with Crippen molar-refractivity contribution < 1.29 is 26.7 Å². The molecule has 0 spiro atoms. The molecule has 0 radical (unpaired) electrons. The molecule has 3 aromatic rings. The maximum Gasteiger partial charge on any atom is 0.236 e. The van der Waals surface area contributed by atoms with E-state index >= 15 is 0 Å². The van der Waals surface area contributed by atoms with Gasteiger partial charge in [-0.1, -0.05) is 6.92 Å². The summed E-state index contributed by atoms with van der Waals surface area (Å²) in [5, 5.41) is -0.150. The van der Waals surface area contributed by atoms with Gasteiger partial charge in [-0.25, -0.2) is 12.8 Å². The number of fused-ring (bicyclic) bond motifs is 1. The number of aromatic nitrogens is 1. The number of anilines is 1. The quantitative estimate of drug-likeness (QED) is 0.576. The number of piperidine rings is 1. The van der Waals surface area contributed by atoms with Crippen molar-refractivity contribution in [2.45, 2.75) is 29.7 Å². The minimum Gasteiger partial charge on any atom is -0.486 e. The molecule has 1 fully saturated rings. The molecule has 168 valence electrons. The number of ether oxygens (including phenoxy) is 2. The predicted octanol–water partition coefficient (Wildman–Crippen LogP) is 4.32. The van der Waals surface area contributed by atoms with Gasteiger partial charge in [0, 0.05) is 24.7 Å². The van der Waals surface area contributed by atoms with E-state index in [0.29, 0.717) is 49.3 Å². The van der Waals surface area contributed by atoms with Crippen LogP contribution in [-0.4, -0.2) is 39.7 Å². The number of nitrogens with zero attached hydrogens (tertiary/aromatic N) is 2. The van der Waals surface area contributed by atoms with E-state index in [9.17, 15) is 12.8 Å². The molecule has 0 atom stereocenters. The first kappa shape index (κ1) is 20.8. The maximum absolute atomic E-state index is 13.6. The molecule has 3 heterocycles. The second-order valence-electron chi connectivity index (χ2n) is 8.11. The second-order valence-corrected chi connectivity index (χ2v) is 9.98. The molecule has 1 saturated heterocycles. The number of oxazole rings is 1. The molecule has 5 rings (SSSR count). The zero-order valence-corrected chi connectivity index (χ0v) is 18.4. The highest BCUT2D eigenvalue weighted by molar-refractivity contribution is 7.91. The molecule has 0 unspecified atom stereocenters. The largest absolute Gasteiger partial charge is 0.486 e. The molecule has 2 aliphatic heterocycles. The highest BCUT2D eigenvalue weighted by Gasteiger charge is 2.33. The molecular formula is C23H23FN2O5S. The van der Waals surface area contributed by atoms with E-state index in [1.807, 2.05) is 4.90 Å². The van der Waals surface area contributed by atoms with Crippen molar-refractivity contribution in [3.8, 4) is 23.0 Å². The van der Waals surface area contributed by atoms with Gasteiger partial charge in [-0.15, -0.1) is 0 Å². The van der Waals surface area contributed by atoms with Gasteiger partial charge in [0.05, 0.1) is 4.90 Å². The minimum absolute atomic E-state index is 0.0485. The van der Waals surface area contributed by atoms with E-state index in [1.165, 1.54) is 36.4 Å². The fourth-order valence-electron chi connectivity index (χ4n) is 3.90. The van der Waals surface area contributed by atoms with Crippen molar-refractivity contribution in [1.29, 1.82) is 0 Å². The fourth-order valence-corrected chi connectivity index (χ4v) is 5.24. The standard InChI is InChI=1S/C23H23FN2O5S/c1-15-8-10-26(11-9-15)23-22(25-21(31-23)16-2-4-17(24)5-3-16)32(27,28)18-6-7-19-20(14-18)30-13-12-29-19/h2-7,14-15H,8-13H2,1H3. The Kier molecular flexibility index (Phi) is 5.28. The summed E-state index contributed by atoms with van der Waals surface area (Å²) in [4.78, 5) is 6.34. The van der Waals surface area contributed by atoms with Gasteiger partial charge in [-0.3, -0.25) is 0 Å². The summed E-state index contributed by atoms with van der Waals surface area (Å²) in [6.45, 7) is 4.29. The highest BCUT2D eigenvalue weighted by atomic mass is 32.2. The molecule has 2 aliphatic rings. The SMILES string of the molecule is CC1CCN(c2oc(-c3ccc(F)cc3)nc2S(=O)(=O)c2ccc3c(c2)OCCO3)CC1. The van der Waals surface area contributed by atoms with Crippen LogP contribution >= 0.6 is 0 Å². The van der Waals surface area contributed by atoms with Crippen LogP contribution in [0.25, 0.3) is 11.5 Å². The van der Waals surface area contributed by atoms with Gasteiger partial charge >= 0.3 is 0 Å². The number of sulfone groups is 1. The molecule has 0 bridgehead atoms.